The Labute approximate surface area is 108 Å². The van der Waals surface area contributed by atoms with E-state index in [2.05, 4.69) is 10.2 Å². The number of anilines is 1. The van der Waals surface area contributed by atoms with E-state index in [1.165, 1.54) is 16.2 Å². The fourth-order valence-electron chi connectivity index (χ4n) is 1.86. The Morgan fingerprint density at radius 2 is 2.22 bits per heavy atom. The van der Waals surface area contributed by atoms with Gasteiger partial charge in [0.2, 0.25) is 11.0 Å². The zero-order valence-corrected chi connectivity index (χ0v) is 11.3. The number of halogens is 1. The number of aryl methyl sites for hydroxylation is 1. The molecule has 1 fully saturated rings. The Kier molecular flexibility index (Phi) is 3.62. The summed E-state index contributed by atoms with van der Waals surface area (Å²) >= 11 is 1.29. The highest BCUT2D eigenvalue weighted by atomic mass is 32.3. The van der Waals surface area contributed by atoms with Gasteiger partial charge in [0.25, 0.3) is 0 Å². The molecule has 2 rings (SSSR count). The Morgan fingerprint density at radius 1 is 1.50 bits per heavy atom. The monoisotopic (exact) mass is 293 g/mol. The molecule has 1 aliphatic heterocycles. The fourth-order valence-corrected chi connectivity index (χ4v) is 3.45. The van der Waals surface area contributed by atoms with Crippen LogP contribution in [0.25, 0.3) is 0 Å². The van der Waals surface area contributed by atoms with Gasteiger partial charge in [0, 0.05) is 18.9 Å². The average molecular weight is 293 g/mol. The number of hydrogen-bond acceptors (Lipinski definition) is 6. The Hall–Kier alpha value is -1.09. The van der Waals surface area contributed by atoms with Crippen LogP contribution >= 0.6 is 11.3 Å². The predicted molar refractivity (Wildman–Crippen MR) is 64.6 cm³/mol. The number of rotatable bonds is 4. The van der Waals surface area contributed by atoms with Gasteiger partial charge in [-0.2, -0.15) is 8.42 Å². The maximum atomic E-state index is 12.6. The van der Waals surface area contributed by atoms with Crippen molar-refractivity contribution in [3.63, 3.8) is 0 Å². The lowest BCUT2D eigenvalue weighted by atomic mass is 10.1. The molecule has 1 aliphatic rings. The molecule has 1 aromatic heterocycles. The van der Waals surface area contributed by atoms with Crippen molar-refractivity contribution in [2.24, 2.45) is 5.92 Å². The van der Waals surface area contributed by atoms with Gasteiger partial charge in [-0.25, -0.2) is 0 Å². The molecule has 0 saturated carbocycles. The van der Waals surface area contributed by atoms with E-state index in [0.29, 0.717) is 5.13 Å². The lowest BCUT2D eigenvalue weighted by Crippen LogP contribution is -2.25. The number of hydrogen-bond donors (Lipinski definition) is 0. The molecule has 6 nitrogen and oxygen atoms in total. The van der Waals surface area contributed by atoms with E-state index in [9.17, 15) is 17.1 Å². The predicted octanol–water partition coefficient (Wildman–Crippen LogP) is 0.753. The number of carbonyl (C=O) groups is 1. The minimum atomic E-state index is -4.55. The van der Waals surface area contributed by atoms with Gasteiger partial charge in [0.05, 0.1) is 5.75 Å². The molecule has 1 saturated heterocycles. The molecule has 18 heavy (non-hydrogen) atoms. The molecule has 1 aromatic rings. The van der Waals surface area contributed by atoms with E-state index in [0.717, 1.165) is 11.4 Å². The molecule has 100 valence electrons. The summed E-state index contributed by atoms with van der Waals surface area (Å²) in [5.41, 5.74) is 0. The molecule has 1 amide bonds. The van der Waals surface area contributed by atoms with Gasteiger partial charge in [-0.05, 0) is 6.42 Å². The van der Waals surface area contributed by atoms with Gasteiger partial charge >= 0.3 is 10.2 Å². The fraction of sp³-hybridized carbons (Fsp3) is 0.667. The first kappa shape index (κ1) is 13.3. The van der Waals surface area contributed by atoms with E-state index >= 15 is 0 Å². The highest BCUT2D eigenvalue weighted by Gasteiger charge is 2.35. The molecule has 0 N–H and O–H groups in total. The van der Waals surface area contributed by atoms with Gasteiger partial charge in [-0.1, -0.05) is 18.3 Å². The minimum absolute atomic E-state index is 0.0319. The largest absolute Gasteiger partial charge is 0.302 e. The van der Waals surface area contributed by atoms with Crippen molar-refractivity contribution in [3.05, 3.63) is 5.01 Å². The molecular formula is C9H12FN3O3S2. The quantitative estimate of drug-likeness (QED) is 0.765. The van der Waals surface area contributed by atoms with Crippen LogP contribution in [-0.2, 0) is 21.4 Å². The van der Waals surface area contributed by atoms with Crippen molar-refractivity contribution < 1.29 is 17.1 Å². The second-order valence-electron chi connectivity index (χ2n) is 4.11. The Bertz CT molecular complexity index is 557. The molecule has 2 heterocycles. The third-order valence-electron chi connectivity index (χ3n) is 2.63. The van der Waals surface area contributed by atoms with Crippen molar-refractivity contribution in [1.29, 1.82) is 0 Å². The first-order valence-electron chi connectivity index (χ1n) is 5.44. The number of aromatic nitrogens is 2. The molecular weight excluding hydrogens is 281 g/mol. The summed E-state index contributed by atoms with van der Waals surface area (Å²) in [6.07, 6.45) is 0.756. The van der Waals surface area contributed by atoms with Crippen molar-refractivity contribution in [3.8, 4) is 0 Å². The van der Waals surface area contributed by atoms with Crippen molar-refractivity contribution in [2.75, 3.05) is 17.2 Å². The Balaban J connectivity index is 2.09. The molecule has 1 unspecified atom stereocenters. The lowest BCUT2D eigenvalue weighted by Gasteiger charge is -2.11. The smallest absolute Gasteiger partial charge is 0.286 e. The summed E-state index contributed by atoms with van der Waals surface area (Å²) < 4.78 is 33.7. The van der Waals surface area contributed by atoms with Crippen molar-refractivity contribution >= 4 is 32.6 Å². The zero-order chi connectivity index (χ0) is 13.3. The molecule has 0 radical (unpaired) electrons. The lowest BCUT2D eigenvalue weighted by molar-refractivity contribution is -0.117. The van der Waals surface area contributed by atoms with Crippen LogP contribution in [-0.4, -0.2) is 36.8 Å². The van der Waals surface area contributed by atoms with Crippen molar-refractivity contribution in [1.82, 2.24) is 10.2 Å². The van der Waals surface area contributed by atoms with Crippen molar-refractivity contribution in [2.45, 2.75) is 19.8 Å². The van der Waals surface area contributed by atoms with E-state index < -0.39 is 21.9 Å². The standard InChI is InChI=1S/C9H12FN3O3S2/c1-2-7-11-12-9(17-7)13-4-6(3-8(13)14)5-18(10,15)16/h6H,2-5H2,1H3. The highest BCUT2D eigenvalue weighted by Crippen LogP contribution is 2.28. The molecule has 0 bridgehead atoms. The van der Waals surface area contributed by atoms with Gasteiger partial charge in [0.1, 0.15) is 5.01 Å². The SMILES string of the molecule is CCc1nnc(N2CC(CS(=O)(=O)F)CC2=O)s1. The molecule has 1 atom stereocenters. The third kappa shape index (κ3) is 3.02. The van der Waals surface area contributed by atoms with Gasteiger partial charge in [0.15, 0.2) is 0 Å². The number of nitrogens with zero attached hydrogens (tertiary/aromatic N) is 3. The summed E-state index contributed by atoms with van der Waals surface area (Å²) in [7, 11) is -4.55. The molecule has 0 spiro atoms. The van der Waals surface area contributed by atoms with Gasteiger partial charge < -0.3 is 0 Å². The summed E-state index contributed by atoms with van der Waals surface area (Å²) in [5.74, 6) is -1.36. The van der Waals surface area contributed by atoms with Gasteiger partial charge in [-0.15, -0.1) is 14.1 Å². The van der Waals surface area contributed by atoms with E-state index in [1.54, 1.807) is 0 Å². The second kappa shape index (κ2) is 4.88. The molecule has 9 heteroatoms. The van der Waals surface area contributed by atoms with Crippen LogP contribution in [0, 0.1) is 5.92 Å². The maximum Gasteiger partial charge on any atom is 0.302 e. The van der Waals surface area contributed by atoms with Gasteiger partial charge in [-0.3, -0.25) is 9.69 Å². The topological polar surface area (TPSA) is 80.2 Å². The van der Waals surface area contributed by atoms with Crippen LogP contribution < -0.4 is 4.90 Å². The normalized spacial score (nSPS) is 20.7. The number of carbonyl (C=O) groups excluding carboxylic acids is 1. The van der Waals surface area contributed by atoms with E-state index in [4.69, 9.17) is 0 Å². The van der Waals surface area contributed by atoms with E-state index in [1.807, 2.05) is 6.92 Å². The van der Waals surface area contributed by atoms with Crippen LogP contribution in [0.1, 0.15) is 18.4 Å². The zero-order valence-electron chi connectivity index (χ0n) is 9.67. The summed E-state index contributed by atoms with van der Waals surface area (Å²) in [6.45, 7) is 2.11. The summed E-state index contributed by atoms with van der Waals surface area (Å²) in [6, 6.07) is 0. The minimum Gasteiger partial charge on any atom is -0.286 e. The average Bonchev–Trinajstić information content (AvgIpc) is 2.82. The Morgan fingerprint density at radius 3 is 2.78 bits per heavy atom. The molecule has 0 aromatic carbocycles. The highest BCUT2D eigenvalue weighted by molar-refractivity contribution is 7.86. The third-order valence-corrected chi connectivity index (χ3v) is 4.59. The van der Waals surface area contributed by atoms with Crippen LogP contribution in [0.2, 0.25) is 0 Å². The summed E-state index contributed by atoms with van der Waals surface area (Å²) in [4.78, 5) is 13.1. The van der Waals surface area contributed by atoms with Crippen LogP contribution in [0.15, 0.2) is 0 Å². The van der Waals surface area contributed by atoms with Crippen LogP contribution in [0.5, 0.6) is 0 Å². The van der Waals surface area contributed by atoms with Crippen LogP contribution in [0.3, 0.4) is 0 Å². The second-order valence-corrected chi connectivity index (χ2v) is 6.56. The maximum absolute atomic E-state index is 12.6. The number of amides is 1. The van der Waals surface area contributed by atoms with E-state index in [-0.39, 0.29) is 18.9 Å². The first-order valence-corrected chi connectivity index (χ1v) is 7.81. The van der Waals surface area contributed by atoms with Crippen LogP contribution in [0.4, 0.5) is 9.02 Å². The summed E-state index contributed by atoms with van der Waals surface area (Å²) in [5, 5.41) is 9.04. The first-order chi connectivity index (χ1) is 8.39. The molecule has 0 aliphatic carbocycles.